The molecule has 0 saturated heterocycles. The van der Waals surface area contributed by atoms with Crippen LogP contribution in [0.1, 0.15) is 27.7 Å². The molecule has 27 heavy (non-hydrogen) atoms. The average molecular weight is 365 g/mol. The number of carbonyl (C=O) groups is 1. The molecule has 4 rings (SSSR count). The number of hydrogen-bond acceptors (Lipinski definition) is 5. The zero-order chi connectivity index (χ0) is 19.0. The van der Waals surface area contributed by atoms with Gasteiger partial charge in [-0.05, 0) is 42.5 Å². The van der Waals surface area contributed by atoms with Crippen molar-refractivity contribution >= 4 is 5.91 Å². The fourth-order valence-corrected chi connectivity index (χ4v) is 3.35. The summed E-state index contributed by atoms with van der Waals surface area (Å²) in [6, 6.07) is 12.7. The van der Waals surface area contributed by atoms with Gasteiger partial charge in [-0.2, -0.15) is 5.10 Å². The number of methoxy groups -OCH3 is 3. The van der Waals surface area contributed by atoms with Gasteiger partial charge < -0.3 is 19.5 Å². The van der Waals surface area contributed by atoms with Crippen LogP contribution < -0.4 is 19.5 Å². The molecule has 2 N–H and O–H groups in total. The monoisotopic (exact) mass is 365 g/mol. The highest BCUT2D eigenvalue weighted by Gasteiger charge is 2.37. The Labute approximate surface area is 156 Å². The van der Waals surface area contributed by atoms with E-state index in [9.17, 15) is 4.79 Å². The van der Waals surface area contributed by atoms with Gasteiger partial charge in [0.2, 0.25) is 0 Å². The van der Waals surface area contributed by atoms with Crippen molar-refractivity contribution in [2.45, 2.75) is 6.04 Å². The van der Waals surface area contributed by atoms with Gasteiger partial charge in [-0.25, -0.2) is 0 Å². The van der Waals surface area contributed by atoms with Crippen molar-refractivity contribution in [3.8, 4) is 28.5 Å². The van der Waals surface area contributed by atoms with Crippen LogP contribution in [0.5, 0.6) is 17.2 Å². The van der Waals surface area contributed by atoms with E-state index in [2.05, 4.69) is 15.5 Å². The maximum absolute atomic E-state index is 12.5. The standard InChI is InChI=1S/C20H19N3O4/c1-25-12-6-4-11(5-7-12)17-16-18(21-20(24)19(16)23-22-17)14-10-13(26-2)8-9-15(14)27-3/h4-10,18H,1-3H3,(H,21,24)(H,22,23)/t18-/m0/s1. The second kappa shape index (κ2) is 6.68. The van der Waals surface area contributed by atoms with Crippen molar-refractivity contribution < 1.29 is 19.0 Å². The number of H-pyrrole nitrogens is 1. The number of fused-ring (bicyclic) bond motifs is 1. The number of aromatic nitrogens is 2. The smallest absolute Gasteiger partial charge is 0.270 e. The molecule has 0 radical (unpaired) electrons. The SMILES string of the molecule is COc1ccc(-c2n[nH]c3c2[C@H](c2cc(OC)ccc2OC)NC3=O)cc1. The van der Waals surface area contributed by atoms with Crippen LogP contribution in [-0.4, -0.2) is 37.4 Å². The third kappa shape index (κ3) is 2.77. The van der Waals surface area contributed by atoms with Crippen molar-refractivity contribution in [2.75, 3.05) is 21.3 Å². The van der Waals surface area contributed by atoms with Gasteiger partial charge in [0.25, 0.3) is 5.91 Å². The fraction of sp³-hybridized carbons (Fsp3) is 0.200. The van der Waals surface area contributed by atoms with Gasteiger partial charge in [0.1, 0.15) is 22.9 Å². The number of amides is 1. The number of nitrogens with one attached hydrogen (secondary N) is 2. The number of carbonyl (C=O) groups excluding carboxylic acids is 1. The number of ether oxygens (including phenoxy) is 3. The lowest BCUT2D eigenvalue weighted by Gasteiger charge is -2.17. The number of hydrogen-bond donors (Lipinski definition) is 2. The van der Waals surface area contributed by atoms with Gasteiger partial charge in [0.05, 0.1) is 33.1 Å². The van der Waals surface area contributed by atoms with Crippen molar-refractivity contribution in [2.24, 2.45) is 0 Å². The van der Waals surface area contributed by atoms with Crippen LogP contribution in [-0.2, 0) is 0 Å². The minimum absolute atomic E-state index is 0.202. The maximum atomic E-state index is 12.5. The Bertz CT molecular complexity index is 995. The number of nitrogens with zero attached hydrogens (tertiary/aromatic N) is 1. The molecule has 0 aliphatic carbocycles. The van der Waals surface area contributed by atoms with Gasteiger partial charge in [-0.15, -0.1) is 0 Å². The van der Waals surface area contributed by atoms with Crippen LogP contribution >= 0.6 is 0 Å². The molecular weight excluding hydrogens is 346 g/mol. The van der Waals surface area contributed by atoms with Gasteiger partial charge in [0, 0.05) is 16.7 Å². The molecule has 1 aliphatic heterocycles. The molecule has 2 heterocycles. The van der Waals surface area contributed by atoms with E-state index in [4.69, 9.17) is 14.2 Å². The molecule has 3 aromatic rings. The molecule has 1 aromatic heterocycles. The van der Waals surface area contributed by atoms with E-state index in [1.807, 2.05) is 42.5 Å². The first-order chi connectivity index (χ1) is 13.2. The third-order valence-corrected chi connectivity index (χ3v) is 4.71. The second-order valence-corrected chi connectivity index (χ2v) is 6.10. The Hall–Kier alpha value is -3.48. The predicted octanol–water partition coefficient (Wildman–Crippen LogP) is 2.94. The lowest BCUT2D eigenvalue weighted by atomic mass is 9.96. The quantitative estimate of drug-likeness (QED) is 0.726. The molecule has 0 bridgehead atoms. The molecule has 7 heteroatoms. The van der Waals surface area contributed by atoms with Crippen LogP contribution in [0.4, 0.5) is 0 Å². The maximum Gasteiger partial charge on any atom is 0.270 e. The molecule has 7 nitrogen and oxygen atoms in total. The zero-order valence-electron chi connectivity index (χ0n) is 15.2. The van der Waals surface area contributed by atoms with E-state index < -0.39 is 6.04 Å². The topological polar surface area (TPSA) is 85.5 Å². The summed E-state index contributed by atoms with van der Waals surface area (Å²) >= 11 is 0. The second-order valence-electron chi connectivity index (χ2n) is 6.10. The highest BCUT2D eigenvalue weighted by Crippen LogP contribution is 2.41. The van der Waals surface area contributed by atoms with E-state index in [1.165, 1.54) is 0 Å². The van der Waals surface area contributed by atoms with E-state index in [0.29, 0.717) is 22.9 Å². The summed E-state index contributed by atoms with van der Waals surface area (Å²) in [4.78, 5) is 12.5. The minimum atomic E-state index is -0.395. The average Bonchev–Trinajstić information content (AvgIpc) is 3.29. The number of benzene rings is 2. The molecule has 0 unspecified atom stereocenters. The van der Waals surface area contributed by atoms with Crippen molar-refractivity contribution in [3.63, 3.8) is 0 Å². The van der Waals surface area contributed by atoms with E-state index in [0.717, 1.165) is 22.4 Å². The van der Waals surface area contributed by atoms with Gasteiger partial charge in [-0.1, -0.05) is 0 Å². The predicted molar refractivity (Wildman–Crippen MR) is 99.4 cm³/mol. The molecule has 2 aromatic carbocycles. The van der Waals surface area contributed by atoms with Crippen molar-refractivity contribution in [1.29, 1.82) is 0 Å². The Morgan fingerprint density at radius 1 is 0.926 bits per heavy atom. The number of aromatic amines is 1. The van der Waals surface area contributed by atoms with Gasteiger partial charge in [-0.3, -0.25) is 9.89 Å². The van der Waals surface area contributed by atoms with Crippen LogP contribution in [0, 0.1) is 0 Å². The Morgan fingerprint density at radius 3 is 2.30 bits per heavy atom. The summed E-state index contributed by atoms with van der Waals surface area (Å²) in [5.74, 6) is 1.90. The van der Waals surface area contributed by atoms with Crippen molar-refractivity contribution in [1.82, 2.24) is 15.5 Å². The summed E-state index contributed by atoms with van der Waals surface area (Å²) in [5, 5.41) is 10.3. The lowest BCUT2D eigenvalue weighted by molar-refractivity contribution is 0.0955. The van der Waals surface area contributed by atoms with Crippen LogP contribution in [0.3, 0.4) is 0 Å². The number of rotatable bonds is 5. The molecular formula is C20H19N3O4. The molecule has 138 valence electrons. The van der Waals surface area contributed by atoms with E-state index >= 15 is 0 Å². The molecule has 0 fully saturated rings. The molecule has 1 amide bonds. The highest BCUT2D eigenvalue weighted by molar-refractivity contribution is 6.00. The highest BCUT2D eigenvalue weighted by atomic mass is 16.5. The van der Waals surface area contributed by atoms with Crippen LogP contribution in [0.15, 0.2) is 42.5 Å². The largest absolute Gasteiger partial charge is 0.497 e. The molecule has 0 spiro atoms. The first-order valence-electron chi connectivity index (χ1n) is 8.41. The summed E-state index contributed by atoms with van der Waals surface area (Å²) in [6.45, 7) is 0. The Morgan fingerprint density at radius 2 is 1.63 bits per heavy atom. The fourth-order valence-electron chi connectivity index (χ4n) is 3.35. The minimum Gasteiger partial charge on any atom is -0.497 e. The van der Waals surface area contributed by atoms with E-state index in [-0.39, 0.29) is 5.91 Å². The Kier molecular flexibility index (Phi) is 4.19. The van der Waals surface area contributed by atoms with Crippen molar-refractivity contribution in [3.05, 3.63) is 59.3 Å². The summed E-state index contributed by atoms with van der Waals surface area (Å²) < 4.78 is 16.1. The first kappa shape index (κ1) is 17.0. The lowest BCUT2D eigenvalue weighted by Crippen LogP contribution is -2.21. The normalized spacial score (nSPS) is 15.2. The van der Waals surface area contributed by atoms with Crippen LogP contribution in [0.25, 0.3) is 11.3 Å². The molecule has 1 aliphatic rings. The van der Waals surface area contributed by atoms with E-state index in [1.54, 1.807) is 21.3 Å². The van der Waals surface area contributed by atoms with Gasteiger partial charge >= 0.3 is 0 Å². The summed E-state index contributed by atoms with van der Waals surface area (Å²) in [5.41, 5.74) is 3.64. The molecule has 0 saturated carbocycles. The first-order valence-corrected chi connectivity index (χ1v) is 8.41. The zero-order valence-corrected chi connectivity index (χ0v) is 15.2. The van der Waals surface area contributed by atoms with Crippen LogP contribution in [0.2, 0.25) is 0 Å². The summed E-state index contributed by atoms with van der Waals surface area (Å²) in [6.07, 6.45) is 0. The van der Waals surface area contributed by atoms with Gasteiger partial charge in [0.15, 0.2) is 0 Å². The third-order valence-electron chi connectivity index (χ3n) is 4.71. The molecule has 1 atom stereocenters. The Balaban J connectivity index is 1.84. The summed E-state index contributed by atoms with van der Waals surface area (Å²) in [7, 11) is 4.82.